The molecule has 0 aliphatic heterocycles. The second-order valence-corrected chi connectivity index (χ2v) is 15.7. The third-order valence-electron chi connectivity index (χ3n) is 8.66. The Kier molecular flexibility index (Phi) is 18.3. The van der Waals surface area contributed by atoms with Gasteiger partial charge in [0.05, 0.1) is 14.7 Å². The van der Waals surface area contributed by atoms with E-state index in [0.29, 0.717) is 29.7 Å². The summed E-state index contributed by atoms with van der Waals surface area (Å²) in [5, 5.41) is 0. The summed E-state index contributed by atoms with van der Waals surface area (Å²) in [5.74, 6) is 0. The predicted molar refractivity (Wildman–Crippen MR) is 184 cm³/mol. The topological polar surface area (TPSA) is 115 Å². The molecule has 0 saturated carbocycles. The predicted octanol–water partition coefficient (Wildman–Crippen LogP) is 10.3. The van der Waals surface area contributed by atoms with Crippen molar-refractivity contribution in [1.29, 1.82) is 0 Å². The fraction of sp³-hybridized carbons (Fsp3) is 0.667. The summed E-state index contributed by atoms with van der Waals surface area (Å²) in [6.07, 6.45) is 23.9. The summed E-state index contributed by atoms with van der Waals surface area (Å²) in [5.41, 5.74) is 7.28. The number of anilines is 1. The first-order chi connectivity index (χ1) is 21.1. The number of nitrogen functional groups attached to an aromatic ring is 1. The molecule has 8 heteroatoms. The van der Waals surface area contributed by atoms with E-state index in [-0.39, 0.29) is 14.7 Å². The van der Waals surface area contributed by atoms with Crippen molar-refractivity contribution >= 4 is 25.6 Å². The number of unbranched alkanes of at least 4 members (excludes halogenated alkanes) is 18. The van der Waals surface area contributed by atoms with Gasteiger partial charge in [-0.1, -0.05) is 129 Å². The zero-order valence-electron chi connectivity index (χ0n) is 27.5. The lowest BCUT2D eigenvalue weighted by Gasteiger charge is -2.19. The zero-order chi connectivity index (χ0) is 32.3. The van der Waals surface area contributed by atoms with Crippen molar-refractivity contribution in [3.63, 3.8) is 0 Å². The van der Waals surface area contributed by atoms with Crippen LogP contribution in [0.2, 0.25) is 0 Å². The molecule has 0 fully saturated rings. The number of benzene rings is 2. The third-order valence-corrected chi connectivity index (χ3v) is 11.5. The molecule has 0 amide bonds. The highest BCUT2D eigenvalue weighted by atomic mass is 32.2. The van der Waals surface area contributed by atoms with Gasteiger partial charge < -0.3 is 5.73 Å². The molecule has 0 spiro atoms. The summed E-state index contributed by atoms with van der Waals surface area (Å²) in [6.45, 7) is 4.44. The van der Waals surface area contributed by atoms with Crippen LogP contribution in [-0.2, 0) is 32.8 Å². The van der Waals surface area contributed by atoms with E-state index in [9.17, 15) is 21.4 Å². The average molecular weight is 650 g/mol. The quantitative estimate of drug-likeness (QED) is 0.0628. The van der Waals surface area contributed by atoms with Gasteiger partial charge in [0.25, 0.3) is 10.1 Å². The molecule has 0 saturated heterocycles. The minimum absolute atomic E-state index is 0.125. The SMILES string of the molecule is CCCCCCCCCCCCc1c(S(=O)(=O)O)ccc(S(=O)(=O)c2ccc(N)cc2)c1CCCCCCCCCCCC. The van der Waals surface area contributed by atoms with E-state index < -0.39 is 20.0 Å². The van der Waals surface area contributed by atoms with Gasteiger partial charge in [-0.25, -0.2) is 8.42 Å². The maximum Gasteiger partial charge on any atom is 0.294 e. The summed E-state index contributed by atoms with van der Waals surface area (Å²) in [4.78, 5) is 0.0972. The van der Waals surface area contributed by atoms with Gasteiger partial charge >= 0.3 is 0 Å². The summed E-state index contributed by atoms with van der Waals surface area (Å²) in [6, 6.07) is 8.75. The van der Waals surface area contributed by atoms with Crippen LogP contribution in [-0.4, -0.2) is 21.4 Å². The van der Waals surface area contributed by atoms with Crippen LogP contribution in [0, 0.1) is 0 Å². The van der Waals surface area contributed by atoms with E-state index in [4.69, 9.17) is 5.73 Å². The fourth-order valence-electron chi connectivity index (χ4n) is 6.04. The van der Waals surface area contributed by atoms with Crippen molar-refractivity contribution in [3.8, 4) is 0 Å². The van der Waals surface area contributed by atoms with Crippen molar-refractivity contribution in [2.24, 2.45) is 0 Å². The van der Waals surface area contributed by atoms with Crippen LogP contribution in [0.5, 0.6) is 0 Å². The Labute approximate surface area is 269 Å². The minimum Gasteiger partial charge on any atom is -0.399 e. The van der Waals surface area contributed by atoms with Gasteiger partial charge in [-0.15, -0.1) is 0 Å². The van der Waals surface area contributed by atoms with Crippen LogP contribution in [0.25, 0.3) is 0 Å². The lowest BCUT2D eigenvalue weighted by Crippen LogP contribution is -2.13. The number of nitrogens with two attached hydrogens (primary N) is 1. The molecule has 0 aliphatic rings. The van der Waals surface area contributed by atoms with Crippen LogP contribution < -0.4 is 5.73 Å². The summed E-state index contributed by atoms with van der Waals surface area (Å²) in [7, 11) is -8.43. The Balaban J connectivity index is 2.19. The molecule has 0 bridgehead atoms. The Morgan fingerprint density at radius 1 is 0.500 bits per heavy atom. The highest BCUT2D eigenvalue weighted by Gasteiger charge is 2.27. The number of hydrogen-bond acceptors (Lipinski definition) is 5. The molecule has 3 N–H and O–H groups in total. The van der Waals surface area contributed by atoms with Gasteiger partial charge in [-0.05, 0) is 73.2 Å². The molecule has 250 valence electrons. The molecule has 0 atom stereocenters. The van der Waals surface area contributed by atoms with Crippen molar-refractivity contribution in [2.75, 3.05) is 5.73 Å². The molecule has 2 rings (SSSR count). The number of rotatable bonds is 25. The lowest BCUT2D eigenvalue weighted by atomic mass is 9.96. The Bertz CT molecular complexity index is 1290. The molecule has 0 aliphatic carbocycles. The van der Waals surface area contributed by atoms with Crippen LogP contribution in [0.4, 0.5) is 5.69 Å². The normalized spacial score (nSPS) is 12.2. The third kappa shape index (κ3) is 13.6. The lowest BCUT2D eigenvalue weighted by molar-refractivity contribution is 0.480. The molecule has 0 aromatic heterocycles. The maximum absolute atomic E-state index is 13.9. The molecule has 0 radical (unpaired) electrons. The fourth-order valence-corrected chi connectivity index (χ4v) is 8.37. The van der Waals surface area contributed by atoms with Gasteiger partial charge in [-0.2, -0.15) is 8.42 Å². The van der Waals surface area contributed by atoms with Gasteiger partial charge in [0.2, 0.25) is 9.84 Å². The average Bonchev–Trinajstić information content (AvgIpc) is 2.98. The maximum atomic E-state index is 13.9. The molecule has 44 heavy (non-hydrogen) atoms. The molecule has 2 aromatic carbocycles. The van der Waals surface area contributed by atoms with Crippen molar-refractivity contribution in [3.05, 3.63) is 47.5 Å². The van der Waals surface area contributed by atoms with E-state index in [0.717, 1.165) is 51.4 Å². The smallest absolute Gasteiger partial charge is 0.294 e. The first kappa shape index (κ1) is 38.3. The molecular weight excluding hydrogens is 591 g/mol. The number of hydrogen-bond donors (Lipinski definition) is 2. The monoisotopic (exact) mass is 649 g/mol. The zero-order valence-corrected chi connectivity index (χ0v) is 29.1. The number of sulfone groups is 1. The van der Waals surface area contributed by atoms with Gasteiger partial charge in [0, 0.05) is 5.69 Å². The van der Waals surface area contributed by atoms with Crippen LogP contribution >= 0.6 is 0 Å². The molecule has 2 aromatic rings. The highest BCUT2D eigenvalue weighted by molar-refractivity contribution is 7.91. The first-order valence-corrected chi connectivity index (χ1v) is 20.3. The van der Waals surface area contributed by atoms with E-state index in [2.05, 4.69) is 13.8 Å². The molecular formula is C36H59NO5S2. The molecule has 6 nitrogen and oxygen atoms in total. The second-order valence-electron chi connectivity index (χ2n) is 12.4. The van der Waals surface area contributed by atoms with E-state index in [1.54, 1.807) is 12.1 Å². The Morgan fingerprint density at radius 2 is 0.841 bits per heavy atom. The van der Waals surface area contributed by atoms with Gasteiger partial charge in [0.15, 0.2) is 0 Å². The van der Waals surface area contributed by atoms with Crippen LogP contribution in [0.1, 0.15) is 153 Å². The Morgan fingerprint density at radius 3 is 1.23 bits per heavy atom. The van der Waals surface area contributed by atoms with E-state index in [1.165, 1.54) is 101 Å². The van der Waals surface area contributed by atoms with Crippen molar-refractivity contribution in [1.82, 2.24) is 0 Å². The Hall–Kier alpha value is -1.90. The van der Waals surface area contributed by atoms with Crippen molar-refractivity contribution in [2.45, 2.75) is 170 Å². The van der Waals surface area contributed by atoms with Gasteiger partial charge in [0.1, 0.15) is 0 Å². The summed E-state index contributed by atoms with van der Waals surface area (Å²) < 4.78 is 62.8. The largest absolute Gasteiger partial charge is 0.399 e. The van der Waals surface area contributed by atoms with Crippen molar-refractivity contribution < 1.29 is 21.4 Å². The van der Waals surface area contributed by atoms with E-state index >= 15 is 0 Å². The van der Waals surface area contributed by atoms with Crippen LogP contribution in [0.3, 0.4) is 0 Å². The standard InChI is InChI=1S/C36H59NO5S2/c1-3-5-7-9-11-13-15-17-19-21-23-33-34(24-22-20-18-16-14-12-10-8-6-4-2)36(44(40,41)42)30-29-35(33)43(38,39)32-27-25-31(37)26-28-32/h25-30H,3-24,37H2,1-2H3,(H,40,41,42). The van der Waals surface area contributed by atoms with Gasteiger partial charge in [-0.3, -0.25) is 4.55 Å². The van der Waals surface area contributed by atoms with E-state index in [1.807, 2.05) is 0 Å². The second kappa shape index (κ2) is 21.0. The minimum atomic E-state index is -4.51. The van der Waals surface area contributed by atoms with Crippen LogP contribution in [0.15, 0.2) is 51.1 Å². The molecule has 0 heterocycles. The molecule has 0 unspecified atom stereocenters. The summed E-state index contributed by atoms with van der Waals surface area (Å²) >= 11 is 0. The first-order valence-electron chi connectivity index (χ1n) is 17.4. The highest BCUT2D eigenvalue weighted by Crippen LogP contribution is 2.33.